The lowest BCUT2D eigenvalue weighted by atomic mass is 10.2. The predicted molar refractivity (Wildman–Crippen MR) is 79.8 cm³/mol. The molecule has 0 aliphatic rings. The van der Waals surface area contributed by atoms with E-state index in [1.807, 2.05) is 23.8 Å². The molecule has 0 atom stereocenters. The van der Waals surface area contributed by atoms with Gasteiger partial charge >= 0.3 is 0 Å². The first-order chi connectivity index (χ1) is 9.65. The Bertz CT molecular complexity index is 610. The minimum Gasteiger partial charge on any atom is -0.372 e. The Morgan fingerprint density at radius 3 is 2.95 bits per heavy atom. The zero-order valence-corrected chi connectivity index (χ0v) is 12.2. The van der Waals surface area contributed by atoms with Crippen molar-refractivity contribution in [3.8, 4) is 6.07 Å². The molecule has 106 valence electrons. The molecule has 0 aliphatic heterocycles. The summed E-state index contributed by atoms with van der Waals surface area (Å²) < 4.78 is 1.95. The molecule has 0 saturated heterocycles. The van der Waals surface area contributed by atoms with Crippen LogP contribution in [0.25, 0.3) is 5.65 Å². The Hall–Kier alpha value is -2.29. The normalized spacial score (nSPS) is 10.8. The third-order valence-corrected chi connectivity index (χ3v) is 2.99. The van der Waals surface area contributed by atoms with E-state index in [4.69, 9.17) is 5.26 Å². The standard InChI is InChI=1S/C14H20N6/c1-11(2)9-19(7-4-5-15)14-13-17-6-8-20(13)10-12(16-3)18-14/h6,8,10-11,16H,4,7,9H2,1-3H3. The van der Waals surface area contributed by atoms with Crippen molar-refractivity contribution in [2.24, 2.45) is 5.92 Å². The maximum atomic E-state index is 8.84. The summed E-state index contributed by atoms with van der Waals surface area (Å²) in [5, 5.41) is 11.9. The molecule has 2 rings (SSSR count). The Kier molecular flexibility index (Phi) is 4.41. The van der Waals surface area contributed by atoms with Gasteiger partial charge in [0.15, 0.2) is 11.5 Å². The van der Waals surface area contributed by atoms with E-state index in [1.165, 1.54) is 0 Å². The smallest absolute Gasteiger partial charge is 0.180 e. The number of hydrogen-bond acceptors (Lipinski definition) is 5. The molecule has 1 N–H and O–H groups in total. The van der Waals surface area contributed by atoms with Crippen molar-refractivity contribution in [1.29, 1.82) is 5.26 Å². The molecule has 0 unspecified atom stereocenters. The van der Waals surface area contributed by atoms with Crippen molar-refractivity contribution in [2.45, 2.75) is 20.3 Å². The molecule has 6 heteroatoms. The highest BCUT2D eigenvalue weighted by atomic mass is 15.2. The van der Waals surface area contributed by atoms with Crippen LogP contribution in [0.1, 0.15) is 20.3 Å². The Morgan fingerprint density at radius 2 is 2.30 bits per heavy atom. The van der Waals surface area contributed by atoms with E-state index in [-0.39, 0.29) is 0 Å². The number of nitriles is 1. The van der Waals surface area contributed by atoms with Crippen LogP contribution >= 0.6 is 0 Å². The quantitative estimate of drug-likeness (QED) is 0.872. The molecule has 0 amide bonds. The number of fused-ring (bicyclic) bond motifs is 1. The van der Waals surface area contributed by atoms with E-state index in [2.05, 4.69) is 40.1 Å². The maximum Gasteiger partial charge on any atom is 0.180 e. The number of aromatic nitrogens is 3. The highest BCUT2D eigenvalue weighted by molar-refractivity contribution is 5.66. The van der Waals surface area contributed by atoms with Crippen molar-refractivity contribution < 1.29 is 0 Å². The molecule has 0 fully saturated rings. The second kappa shape index (κ2) is 6.24. The molecule has 0 aromatic carbocycles. The van der Waals surface area contributed by atoms with Crippen LogP contribution in [0.3, 0.4) is 0 Å². The van der Waals surface area contributed by atoms with E-state index in [0.717, 1.165) is 23.8 Å². The molecular formula is C14H20N6. The molecule has 2 heterocycles. The first kappa shape index (κ1) is 14.1. The number of anilines is 2. The number of imidazole rings is 1. The van der Waals surface area contributed by atoms with Crippen LogP contribution in [0, 0.1) is 17.2 Å². The first-order valence-corrected chi connectivity index (χ1v) is 6.79. The van der Waals surface area contributed by atoms with Gasteiger partial charge in [0, 0.05) is 32.5 Å². The summed E-state index contributed by atoms with van der Waals surface area (Å²) in [6, 6.07) is 2.20. The van der Waals surface area contributed by atoms with Gasteiger partial charge in [-0.25, -0.2) is 9.97 Å². The molecule has 6 nitrogen and oxygen atoms in total. The fourth-order valence-electron chi connectivity index (χ4n) is 2.16. The maximum absolute atomic E-state index is 8.84. The third kappa shape index (κ3) is 2.99. The van der Waals surface area contributed by atoms with Crippen LogP contribution in [0.15, 0.2) is 18.6 Å². The lowest BCUT2D eigenvalue weighted by Gasteiger charge is -2.25. The van der Waals surface area contributed by atoms with E-state index in [0.29, 0.717) is 18.9 Å². The van der Waals surface area contributed by atoms with Crippen molar-refractivity contribution in [2.75, 3.05) is 30.4 Å². The second-order valence-electron chi connectivity index (χ2n) is 5.11. The fourth-order valence-corrected chi connectivity index (χ4v) is 2.16. The number of nitrogens with one attached hydrogen (secondary N) is 1. The minimum absolute atomic E-state index is 0.477. The molecule has 2 aromatic heterocycles. The third-order valence-electron chi connectivity index (χ3n) is 2.99. The van der Waals surface area contributed by atoms with Gasteiger partial charge in [-0.1, -0.05) is 13.8 Å². The van der Waals surface area contributed by atoms with Crippen LogP contribution < -0.4 is 10.2 Å². The van der Waals surface area contributed by atoms with Crippen molar-refractivity contribution >= 4 is 17.3 Å². The molecule has 20 heavy (non-hydrogen) atoms. The molecule has 0 spiro atoms. The molecule has 0 aliphatic carbocycles. The summed E-state index contributed by atoms with van der Waals surface area (Å²) in [7, 11) is 1.84. The molecule has 0 radical (unpaired) electrons. The lowest BCUT2D eigenvalue weighted by Crippen LogP contribution is -2.30. The summed E-state index contributed by atoms with van der Waals surface area (Å²) >= 11 is 0. The molecular weight excluding hydrogens is 252 g/mol. The van der Waals surface area contributed by atoms with E-state index >= 15 is 0 Å². The summed E-state index contributed by atoms with van der Waals surface area (Å²) in [5.41, 5.74) is 0.822. The Morgan fingerprint density at radius 1 is 1.50 bits per heavy atom. The van der Waals surface area contributed by atoms with Crippen molar-refractivity contribution in [1.82, 2.24) is 14.4 Å². The average molecular weight is 272 g/mol. The van der Waals surface area contributed by atoms with Crippen LogP contribution in [0.5, 0.6) is 0 Å². The van der Waals surface area contributed by atoms with E-state index in [1.54, 1.807) is 6.20 Å². The van der Waals surface area contributed by atoms with Crippen molar-refractivity contribution in [3.05, 3.63) is 18.6 Å². The molecule has 0 bridgehead atoms. The van der Waals surface area contributed by atoms with Gasteiger partial charge in [0.25, 0.3) is 0 Å². The zero-order valence-electron chi connectivity index (χ0n) is 12.2. The monoisotopic (exact) mass is 272 g/mol. The zero-order chi connectivity index (χ0) is 14.5. The lowest BCUT2D eigenvalue weighted by molar-refractivity contribution is 0.608. The Labute approximate surface area is 119 Å². The van der Waals surface area contributed by atoms with Crippen LogP contribution in [0.2, 0.25) is 0 Å². The molecule has 2 aromatic rings. The SMILES string of the molecule is CNc1cn2ccnc2c(N(CCC#N)CC(C)C)n1. The van der Waals surface area contributed by atoms with Gasteiger partial charge in [0.2, 0.25) is 0 Å². The summed E-state index contributed by atoms with van der Waals surface area (Å²) in [6.45, 7) is 5.83. The first-order valence-electron chi connectivity index (χ1n) is 6.79. The van der Waals surface area contributed by atoms with E-state index < -0.39 is 0 Å². The largest absolute Gasteiger partial charge is 0.372 e. The van der Waals surface area contributed by atoms with Gasteiger partial charge in [0.1, 0.15) is 5.82 Å². The van der Waals surface area contributed by atoms with Crippen LogP contribution in [0.4, 0.5) is 11.6 Å². The number of nitrogens with zero attached hydrogens (tertiary/aromatic N) is 5. The van der Waals surface area contributed by atoms with Gasteiger partial charge in [0.05, 0.1) is 18.7 Å². The summed E-state index contributed by atoms with van der Waals surface area (Å²) in [4.78, 5) is 11.1. The summed E-state index contributed by atoms with van der Waals surface area (Å²) in [6.07, 6.45) is 6.05. The van der Waals surface area contributed by atoms with Gasteiger partial charge < -0.3 is 14.6 Å². The van der Waals surface area contributed by atoms with Gasteiger partial charge in [-0.2, -0.15) is 5.26 Å². The second-order valence-corrected chi connectivity index (χ2v) is 5.11. The fraction of sp³-hybridized carbons (Fsp3) is 0.500. The highest BCUT2D eigenvalue weighted by Gasteiger charge is 2.15. The topological polar surface area (TPSA) is 69.2 Å². The Balaban J connectivity index is 2.44. The van der Waals surface area contributed by atoms with Crippen molar-refractivity contribution in [3.63, 3.8) is 0 Å². The summed E-state index contributed by atoms with van der Waals surface area (Å²) in [5.74, 6) is 2.10. The van der Waals surface area contributed by atoms with Gasteiger partial charge in [-0.3, -0.25) is 0 Å². The predicted octanol–water partition coefficient (Wildman–Crippen LogP) is 2.15. The van der Waals surface area contributed by atoms with E-state index in [9.17, 15) is 0 Å². The van der Waals surface area contributed by atoms with Gasteiger partial charge in [-0.15, -0.1) is 0 Å². The van der Waals surface area contributed by atoms with Crippen LogP contribution in [-0.2, 0) is 0 Å². The number of rotatable bonds is 6. The average Bonchev–Trinajstić information content (AvgIpc) is 2.90. The van der Waals surface area contributed by atoms with Gasteiger partial charge in [-0.05, 0) is 5.92 Å². The highest BCUT2D eigenvalue weighted by Crippen LogP contribution is 2.21. The number of hydrogen-bond donors (Lipinski definition) is 1. The minimum atomic E-state index is 0.477. The molecule has 0 saturated carbocycles. The van der Waals surface area contributed by atoms with Crippen LogP contribution in [-0.4, -0.2) is 34.5 Å².